The third-order valence-corrected chi connectivity index (χ3v) is 2.51. The summed E-state index contributed by atoms with van der Waals surface area (Å²) in [7, 11) is 6.10. The van der Waals surface area contributed by atoms with Crippen LogP contribution < -0.4 is 34.6 Å². The van der Waals surface area contributed by atoms with E-state index in [2.05, 4.69) is 17.6 Å². The van der Waals surface area contributed by atoms with E-state index in [0.29, 0.717) is 13.2 Å². The molecule has 0 aliphatic heterocycles. The lowest BCUT2D eigenvalue weighted by molar-refractivity contribution is -0.869. The predicted octanol–water partition coefficient (Wildman–Crippen LogP) is -1.29. The number of alkyl carbamates (subject to hydrolysis) is 1. The molecule has 0 aromatic carbocycles. The number of ether oxygens (including phenoxy) is 1. The van der Waals surface area contributed by atoms with E-state index in [4.69, 9.17) is 4.74 Å². The Morgan fingerprint density at radius 1 is 1.10 bits per heavy atom. The molecule has 3 amide bonds. The maximum atomic E-state index is 11.3. The quantitative estimate of drug-likeness (QED) is 0.302. The molecule has 0 rings (SSSR count). The minimum Gasteiger partial charge on any atom is -1.00 e. The minimum atomic E-state index is -0.681. The average molecular weight is 401 g/mol. The number of hydrogen-bond donors (Lipinski definition) is 2. The molecule has 0 saturated carbocycles. The lowest BCUT2D eigenvalue weighted by Gasteiger charge is -2.23. The van der Waals surface area contributed by atoms with E-state index in [0.717, 1.165) is 36.7 Å². The number of hydrogen-bond acceptors (Lipinski definition) is 3. The zero-order valence-corrected chi connectivity index (χ0v) is 15.2. The second kappa shape index (κ2) is 12.2. The van der Waals surface area contributed by atoms with Crippen LogP contribution in [0.4, 0.5) is 9.59 Å². The van der Waals surface area contributed by atoms with E-state index in [1.54, 1.807) is 0 Å². The Hall–Kier alpha value is -0.570. The van der Waals surface area contributed by atoms with Gasteiger partial charge in [-0.05, 0) is 6.42 Å². The first-order valence-electron chi connectivity index (χ1n) is 6.87. The van der Waals surface area contributed by atoms with Crippen LogP contribution in [0.5, 0.6) is 0 Å². The summed E-state index contributed by atoms with van der Waals surface area (Å²) in [6, 6.07) is -0.507. The van der Waals surface area contributed by atoms with Crippen LogP contribution in [0.25, 0.3) is 0 Å². The molecule has 0 fully saturated rings. The van der Waals surface area contributed by atoms with Crippen molar-refractivity contribution >= 4 is 12.1 Å². The topological polar surface area (TPSA) is 67.4 Å². The Bertz CT molecular complexity index is 281. The highest BCUT2D eigenvalue weighted by Crippen LogP contribution is 1.98. The van der Waals surface area contributed by atoms with Crippen molar-refractivity contribution in [3.8, 4) is 0 Å². The molecule has 0 aromatic heterocycles. The van der Waals surface area contributed by atoms with Gasteiger partial charge in [-0.25, -0.2) is 14.9 Å². The zero-order valence-electron chi connectivity index (χ0n) is 13.0. The highest BCUT2D eigenvalue weighted by Gasteiger charge is 2.10. The molecule has 0 spiro atoms. The molecule has 2 N–H and O–H groups in total. The van der Waals surface area contributed by atoms with Gasteiger partial charge in [0.1, 0.15) is 0 Å². The standard InChI is InChI=1S/C13H27N3O3.HI/c1-5-6-7-8-11-19-13(18)15-12(17)14-9-10-16(2,3)4;/h5-11H2,1-4H3,(H-,14,15,17,18);1H. The van der Waals surface area contributed by atoms with Gasteiger partial charge in [-0.2, -0.15) is 0 Å². The number of carbonyl (C=O) groups is 2. The fourth-order valence-electron chi connectivity index (χ4n) is 1.37. The van der Waals surface area contributed by atoms with Crippen molar-refractivity contribution in [2.75, 3.05) is 40.8 Å². The van der Waals surface area contributed by atoms with Crippen LogP contribution >= 0.6 is 0 Å². The second-order valence-electron chi connectivity index (χ2n) is 5.59. The Labute approximate surface area is 139 Å². The summed E-state index contributed by atoms with van der Waals surface area (Å²) < 4.78 is 5.64. The first kappa shape index (κ1) is 21.7. The van der Waals surface area contributed by atoms with Crippen molar-refractivity contribution in [3.05, 3.63) is 0 Å². The van der Waals surface area contributed by atoms with Crippen LogP contribution in [0.1, 0.15) is 32.6 Å². The fraction of sp³-hybridized carbons (Fsp3) is 0.846. The first-order chi connectivity index (χ1) is 8.85. The van der Waals surface area contributed by atoms with Crippen LogP contribution in [-0.4, -0.2) is 57.4 Å². The Kier molecular flexibility index (Phi) is 13.2. The summed E-state index contributed by atoms with van der Waals surface area (Å²) in [4.78, 5) is 22.6. The van der Waals surface area contributed by atoms with Crippen molar-refractivity contribution in [2.24, 2.45) is 0 Å². The van der Waals surface area contributed by atoms with Crippen LogP contribution in [0.3, 0.4) is 0 Å². The average Bonchev–Trinajstić information content (AvgIpc) is 2.26. The van der Waals surface area contributed by atoms with Crippen LogP contribution in [0.15, 0.2) is 0 Å². The number of likely N-dealkylation sites (N-methyl/N-ethyl adjacent to an activating group) is 1. The number of rotatable bonds is 8. The normalized spacial score (nSPS) is 10.4. The maximum absolute atomic E-state index is 11.3. The Morgan fingerprint density at radius 2 is 1.75 bits per heavy atom. The summed E-state index contributed by atoms with van der Waals surface area (Å²) in [6.45, 7) is 3.78. The third-order valence-electron chi connectivity index (χ3n) is 2.51. The minimum absolute atomic E-state index is 0. The molecule has 0 unspecified atom stereocenters. The van der Waals surface area contributed by atoms with Crippen molar-refractivity contribution in [1.29, 1.82) is 0 Å². The lowest BCUT2D eigenvalue weighted by Crippen LogP contribution is -3.00. The van der Waals surface area contributed by atoms with E-state index in [1.807, 2.05) is 21.1 Å². The van der Waals surface area contributed by atoms with E-state index >= 15 is 0 Å². The maximum Gasteiger partial charge on any atom is 0.415 e. The zero-order chi connectivity index (χ0) is 14.7. The molecule has 0 aliphatic carbocycles. The Morgan fingerprint density at radius 3 is 2.30 bits per heavy atom. The number of quaternary nitrogens is 1. The van der Waals surface area contributed by atoms with Gasteiger partial charge in [0, 0.05) is 0 Å². The van der Waals surface area contributed by atoms with E-state index < -0.39 is 12.1 Å². The molecule has 0 aromatic rings. The molecule has 7 heteroatoms. The van der Waals surface area contributed by atoms with Crippen LogP contribution in [-0.2, 0) is 4.74 Å². The van der Waals surface area contributed by atoms with Gasteiger partial charge in [0.15, 0.2) is 0 Å². The van der Waals surface area contributed by atoms with Gasteiger partial charge in [-0.15, -0.1) is 0 Å². The highest BCUT2D eigenvalue weighted by molar-refractivity contribution is 5.90. The number of unbranched alkanes of at least 4 members (excludes halogenated alkanes) is 3. The molecule has 0 saturated heterocycles. The van der Waals surface area contributed by atoms with E-state index in [1.165, 1.54) is 0 Å². The van der Waals surface area contributed by atoms with Gasteiger partial charge in [0.25, 0.3) is 0 Å². The highest BCUT2D eigenvalue weighted by atomic mass is 127. The molecule has 0 radical (unpaired) electrons. The van der Waals surface area contributed by atoms with Gasteiger partial charge in [0.05, 0.1) is 40.8 Å². The Balaban J connectivity index is 0. The van der Waals surface area contributed by atoms with Gasteiger partial charge in [-0.3, -0.25) is 0 Å². The molecule has 20 heavy (non-hydrogen) atoms. The van der Waals surface area contributed by atoms with Gasteiger partial charge in [0.2, 0.25) is 0 Å². The second-order valence-corrected chi connectivity index (χ2v) is 5.59. The molecular formula is C13H28IN3O3. The van der Waals surface area contributed by atoms with Crippen molar-refractivity contribution < 1.29 is 42.8 Å². The fourth-order valence-corrected chi connectivity index (χ4v) is 1.37. The number of halogens is 1. The summed E-state index contributed by atoms with van der Waals surface area (Å²) in [5.41, 5.74) is 0. The molecule has 0 bridgehead atoms. The predicted molar refractivity (Wildman–Crippen MR) is 74.9 cm³/mol. The van der Waals surface area contributed by atoms with Crippen molar-refractivity contribution in [3.63, 3.8) is 0 Å². The van der Waals surface area contributed by atoms with E-state index in [9.17, 15) is 9.59 Å². The summed E-state index contributed by atoms with van der Waals surface area (Å²) in [5.74, 6) is 0. The number of urea groups is 1. The summed E-state index contributed by atoms with van der Waals surface area (Å²) >= 11 is 0. The number of amides is 3. The summed E-state index contributed by atoms with van der Waals surface area (Å²) in [6.07, 6.45) is 3.47. The molecule has 0 heterocycles. The number of nitrogens with zero attached hydrogens (tertiary/aromatic N) is 1. The van der Waals surface area contributed by atoms with Crippen molar-refractivity contribution in [2.45, 2.75) is 32.6 Å². The van der Waals surface area contributed by atoms with Gasteiger partial charge >= 0.3 is 12.1 Å². The van der Waals surface area contributed by atoms with E-state index in [-0.39, 0.29) is 24.0 Å². The largest absolute Gasteiger partial charge is 1.00 e. The third kappa shape index (κ3) is 15.5. The smallest absolute Gasteiger partial charge is 0.415 e. The first-order valence-corrected chi connectivity index (χ1v) is 6.87. The molecular weight excluding hydrogens is 373 g/mol. The number of nitrogens with one attached hydrogen (secondary N) is 2. The number of imide groups is 1. The SMILES string of the molecule is CCCCCCOC(=O)NC(=O)NCC[N+](C)(C)C.[I-]. The molecule has 0 atom stereocenters. The van der Waals surface area contributed by atoms with Crippen LogP contribution in [0, 0.1) is 0 Å². The van der Waals surface area contributed by atoms with Gasteiger partial charge in [-0.1, -0.05) is 26.2 Å². The number of carbonyl (C=O) groups excluding carboxylic acids is 2. The van der Waals surface area contributed by atoms with Crippen LogP contribution in [0.2, 0.25) is 0 Å². The molecule has 120 valence electrons. The molecule has 0 aliphatic rings. The summed E-state index contributed by atoms with van der Waals surface area (Å²) in [5, 5.41) is 4.75. The van der Waals surface area contributed by atoms with Crippen molar-refractivity contribution in [1.82, 2.24) is 10.6 Å². The lowest BCUT2D eigenvalue weighted by atomic mass is 10.2. The molecule has 6 nitrogen and oxygen atoms in total. The van der Waals surface area contributed by atoms with Gasteiger partial charge < -0.3 is 38.5 Å². The monoisotopic (exact) mass is 401 g/mol.